The third-order valence-electron chi connectivity index (χ3n) is 2.44. The highest BCUT2D eigenvalue weighted by molar-refractivity contribution is 5.96. The van der Waals surface area contributed by atoms with Crippen molar-refractivity contribution in [1.29, 1.82) is 0 Å². The minimum Gasteiger partial charge on any atom is -0.385 e. The second kappa shape index (κ2) is 6.36. The van der Waals surface area contributed by atoms with E-state index < -0.39 is 0 Å². The van der Waals surface area contributed by atoms with Gasteiger partial charge in [-0.15, -0.1) is 0 Å². The van der Waals surface area contributed by atoms with Crippen molar-refractivity contribution in [3.05, 3.63) is 35.4 Å². The molecule has 0 fully saturated rings. The third-order valence-corrected chi connectivity index (χ3v) is 2.44. The van der Waals surface area contributed by atoms with Crippen LogP contribution in [0.2, 0.25) is 0 Å². The van der Waals surface area contributed by atoms with Crippen LogP contribution in [0.1, 0.15) is 35.7 Å². The van der Waals surface area contributed by atoms with Crippen LogP contribution in [0.25, 0.3) is 0 Å². The molecule has 0 spiro atoms. The molecule has 0 aliphatic carbocycles. The molecule has 1 rings (SSSR count). The van der Waals surface area contributed by atoms with Crippen LogP contribution < -0.4 is 0 Å². The molecule has 0 saturated carbocycles. The quantitative estimate of drug-likeness (QED) is 0.528. The lowest BCUT2D eigenvalue weighted by Gasteiger charge is -2.02. The van der Waals surface area contributed by atoms with Crippen molar-refractivity contribution < 1.29 is 9.53 Å². The summed E-state index contributed by atoms with van der Waals surface area (Å²) in [6, 6.07) is 7.86. The number of methoxy groups -OCH3 is 1. The first-order chi connectivity index (χ1) is 7.27. The first-order valence-electron chi connectivity index (χ1n) is 5.39. The van der Waals surface area contributed by atoms with E-state index in [4.69, 9.17) is 4.74 Å². The zero-order chi connectivity index (χ0) is 11.1. The minimum atomic E-state index is 0.203. The van der Waals surface area contributed by atoms with Crippen molar-refractivity contribution in [3.63, 3.8) is 0 Å². The zero-order valence-corrected chi connectivity index (χ0v) is 9.45. The Morgan fingerprint density at radius 2 is 1.93 bits per heavy atom. The van der Waals surface area contributed by atoms with Gasteiger partial charge in [0.15, 0.2) is 5.78 Å². The van der Waals surface area contributed by atoms with Gasteiger partial charge >= 0.3 is 0 Å². The van der Waals surface area contributed by atoms with E-state index in [-0.39, 0.29) is 5.78 Å². The molecule has 0 aromatic heterocycles. The summed E-state index contributed by atoms with van der Waals surface area (Å²) in [6.45, 7) is 2.76. The van der Waals surface area contributed by atoms with Crippen LogP contribution in [-0.2, 0) is 11.2 Å². The monoisotopic (exact) mass is 206 g/mol. The topological polar surface area (TPSA) is 26.3 Å². The summed E-state index contributed by atoms with van der Waals surface area (Å²) in [5.41, 5.74) is 2.08. The fourth-order valence-electron chi connectivity index (χ4n) is 1.45. The summed E-state index contributed by atoms with van der Waals surface area (Å²) < 4.78 is 4.91. The molecule has 82 valence electrons. The number of ketones is 1. The smallest absolute Gasteiger partial charge is 0.162 e. The zero-order valence-electron chi connectivity index (χ0n) is 9.45. The standard InChI is InChI=1S/C13H18O2/c1-3-11-6-8-12(9-7-11)13(14)5-4-10-15-2/h6-9H,3-5,10H2,1-2H3. The first-order valence-corrected chi connectivity index (χ1v) is 5.39. The van der Waals surface area contributed by atoms with Crippen LogP contribution in [0.4, 0.5) is 0 Å². The van der Waals surface area contributed by atoms with Gasteiger partial charge in [-0.05, 0) is 18.4 Å². The predicted molar refractivity (Wildman–Crippen MR) is 61.3 cm³/mol. The van der Waals surface area contributed by atoms with Gasteiger partial charge in [0, 0.05) is 25.7 Å². The molecule has 1 aromatic rings. The summed E-state index contributed by atoms with van der Waals surface area (Å²) in [5.74, 6) is 0.203. The van der Waals surface area contributed by atoms with Crippen LogP contribution in [-0.4, -0.2) is 19.5 Å². The molecule has 2 nitrogen and oxygen atoms in total. The first kappa shape index (κ1) is 11.9. The molecule has 0 bridgehead atoms. The normalized spacial score (nSPS) is 10.3. The molecular formula is C13H18O2. The third kappa shape index (κ3) is 3.84. The Balaban J connectivity index is 2.50. The number of hydrogen-bond donors (Lipinski definition) is 0. The van der Waals surface area contributed by atoms with Crippen LogP contribution in [0.15, 0.2) is 24.3 Å². The minimum absolute atomic E-state index is 0.203. The van der Waals surface area contributed by atoms with Gasteiger partial charge in [-0.25, -0.2) is 0 Å². The van der Waals surface area contributed by atoms with Crippen molar-refractivity contribution >= 4 is 5.78 Å². The lowest BCUT2D eigenvalue weighted by atomic mass is 10.0. The van der Waals surface area contributed by atoms with E-state index in [0.717, 1.165) is 18.4 Å². The fourth-order valence-corrected chi connectivity index (χ4v) is 1.45. The molecule has 0 amide bonds. The van der Waals surface area contributed by atoms with Gasteiger partial charge < -0.3 is 4.74 Å². The van der Waals surface area contributed by atoms with Crippen molar-refractivity contribution in [3.8, 4) is 0 Å². The molecular weight excluding hydrogens is 188 g/mol. The van der Waals surface area contributed by atoms with Crippen LogP contribution in [0, 0.1) is 0 Å². The van der Waals surface area contributed by atoms with E-state index in [1.807, 2.05) is 24.3 Å². The lowest BCUT2D eigenvalue weighted by molar-refractivity contribution is 0.0963. The number of aryl methyl sites for hydroxylation is 1. The SMILES string of the molecule is CCc1ccc(C(=O)CCCOC)cc1. The van der Waals surface area contributed by atoms with Gasteiger partial charge in [-0.3, -0.25) is 4.79 Å². The molecule has 0 unspecified atom stereocenters. The Morgan fingerprint density at radius 1 is 1.27 bits per heavy atom. The van der Waals surface area contributed by atoms with Gasteiger partial charge in [0.25, 0.3) is 0 Å². The highest BCUT2D eigenvalue weighted by atomic mass is 16.5. The Kier molecular flexibility index (Phi) is 5.05. The number of ether oxygens (including phenoxy) is 1. The molecule has 0 saturated heterocycles. The number of carbonyl (C=O) groups excluding carboxylic acids is 1. The molecule has 2 heteroatoms. The van der Waals surface area contributed by atoms with E-state index in [2.05, 4.69) is 6.92 Å². The Morgan fingerprint density at radius 3 is 2.47 bits per heavy atom. The van der Waals surface area contributed by atoms with Crippen LogP contribution >= 0.6 is 0 Å². The summed E-state index contributed by atoms with van der Waals surface area (Å²) in [7, 11) is 1.65. The number of carbonyl (C=O) groups is 1. The molecule has 0 heterocycles. The number of benzene rings is 1. The van der Waals surface area contributed by atoms with Crippen molar-refractivity contribution in [2.75, 3.05) is 13.7 Å². The summed E-state index contributed by atoms with van der Waals surface area (Å²) >= 11 is 0. The average molecular weight is 206 g/mol. The van der Waals surface area contributed by atoms with E-state index >= 15 is 0 Å². The maximum absolute atomic E-state index is 11.7. The molecule has 0 aliphatic heterocycles. The van der Waals surface area contributed by atoms with E-state index in [9.17, 15) is 4.79 Å². The fraction of sp³-hybridized carbons (Fsp3) is 0.462. The van der Waals surface area contributed by atoms with Gasteiger partial charge in [-0.2, -0.15) is 0 Å². The van der Waals surface area contributed by atoms with E-state index in [1.54, 1.807) is 7.11 Å². The second-order valence-corrected chi connectivity index (χ2v) is 3.57. The molecule has 15 heavy (non-hydrogen) atoms. The van der Waals surface area contributed by atoms with E-state index in [1.165, 1.54) is 5.56 Å². The van der Waals surface area contributed by atoms with Gasteiger partial charge in [-0.1, -0.05) is 31.2 Å². The number of hydrogen-bond acceptors (Lipinski definition) is 2. The number of rotatable bonds is 6. The predicted octanol–water partition coefficient (Wildman–Crippen LogP) is 2.86. The molecule has 1 aromatic carbocycles. The Hall–Kier alpha value is -1.15. The van der Waals surface area contributed by atoms with Crippen LogP contribution in [0.3, 0.4) is 0 Å². The lowest BCUT2D eigenvalue weighted by Crippen LogP contribution is -2.01. The van der Waals surface area contributed by atoms with Gasteiger partial charge in [0.1, 0.15) is 0 Å². The Bertz CT molecular complexity index is 301. The summed E-state index contributed by atoms with van der Waals surface area (Å²) in [4.78, 5) is 11.7. The Labute approximate surface area is 91.3 Å². The molecule has 0 atom stereocenters. The molecule has 0 aliphatic rings. The maximum Gasteiger partial charge on any atom is 0.162 e. The van der Waals surface area contributed by atoms with Crippen molar-refractivity contribution in [1.82, 2.24) is 0 Å². The van der Waals surface area contributed by atoms with E-state index in [0.29, 0.717) is 13.0 Å². The van der Waals surface area contributed by atoms with Crippen molar-refractivity contribution in [2.24, 2.45) is 0 Å². The molecule has 0 N–H and O–H groups in total. The van der Waals surface area contributed by atoms with Gasteiger partial charge in [0.05, 0.1) is 0 Å². The number of Topliss-reactive ketones (excluding diaryl/α,β-unsaturated/α-hetero) is 1. The van der Waals surface area contributed by atoms with Crippen LogP contribution in [0.5, 0.6) is 0 Å². The highest BCUT2D eigenvalue weighted by Gasteiger charge is 2.04. The average Bonchev–Trinajstić information content (AvgIpc) is 2.29. The highest BCUT2D eigenvalue weighted by Crippen LogP contribution is 2.08. The second-order valence-electron chi connectivity index (χ2n) is 3.57. The maximum atomic E-state index is 11.7. The largest absolute Gasteiger partial charge is 0.385 e. The van der Waals surface area contributed by atoms with Crippen molar-refractivity contribution in [2.45, 2.75) is 26.2 Å². The molecule has 0 radical (unpaired) electrons. The summed E-state index contributed by atoms with van der Waals surface area (Å²) in [5, 5.41) is 0. The summed E-state index contributed by atoms with van der Waals surface area (Å²) in [6.07, 6.45) is 2.38. The van der Waals surface area contributed by atoms with Gasteiger partial charge in [0.2, 0.25) is 0 Å².